The molecule has 1 atom stereocenters. The number of hydrogen-bond donors (Lipinski definition) is 2. The molecule has 2 aliphatic rings. The summed E-state index contributed by atoms with van der Waals surface area (Å²) in [4.78, 5) is 27.8. The molecule has 7 heteroatoms. The van der Waals surface area contributed by atoms with Gasteiger partial charge in [-0.05, 0) is 60.0 Å². The third-order valence-corrected chi connectivity index (χ3v) is 6.04. The SMILES string of the molecule is O=C(CC1CCOC1)Nc1ccc(NC(=O)N2CCc3sccc3C2)cc1. The summed E-state index contributed by atoms with van der Waals surface area (Å²) in [6.07, 6.45) is 2.34. The van der Waals surface area contributed by atoms with Crippen LogP contribution in [0.4, 0.5) is 16.2 Å². The molecule has 0 radical (unpaired) electrons. The Hall–Kier alpha value is -2.38. The largest absolute Gasteiger partial charge is 0.381 e. The van der Waals surface area contributed by atoms with Crippen LogP contribution in [0.5, 0.6) is 0 Å². The number of urea groups is 1. The number of carbonyl (C=O) groups excluding carboxylic acids is 2. The van der Waals surface area contributed by atoms with E-state index >= 15 is 0 Å². The van der Waals surface area contributed by atoms with Crippen LogP contribution in [0.25, 0.3) is 0 Å². The number of rotatable bonds is 4. The van der Waals surface area contributed by atoms with E-state index in [9.17, 15) is 9.59 Å². The van der Waals surface area contributed by atoms with Crippen molar-refractivity contribution in [1.29, 1.82) is 0 Å². The van der Waals surface area contributed by atoms with Crippen molar-refractivity contribution in [3.63, 3.8) is 0 Å². The van der Waals surface area contributed by atoms with E-state index in [1.54, 1.807) is 11.3 Å². The lowest BCUT2D eigenvalue weighted by Crippen LogP contribution is -2.38. The lowest BCUT2D eigenvalue weighted by molar-refractivity contribution is -0.117. The van der Waals surface area contributed by atoms with Gasteiger partial charge in [0, 0.05) is 49.0 Å². The van der Waals surface area contributed by atoms with Gasteiger partial charge in [-0.3, -0.25) is 4.79 Å². The van der Waals surface area contributed by atoms with E-state index in [0.717, 1.165) is 37.4 Å². The zero-order valence-corrected chi connectivity index (χ0v) is 15.9. The minimum atomic E-state index is -0.0927. The van der Waals surface area contributed by atoms with Crippen LogP contribution in [0.1, 0.15) is 23.3 Å². The highest BCUT2D eigenvalue weighted by atomic mass is 32.1. The first-order valence-corrected chi connectivity index (χ1v) is 10.1. The Morgan fingerprint density at radius 2 is 1.93 bits per heavy atom. The van der Waals surface area contributed by atoms with Crippen molar-refractivity contribution in [1.82, 2.24) is 4.90 Å². The minimum Gasteiger partial charge on any atom is -0.381 e. The molecular formula is C20H23N3O3S. The molecule has 1 aromatic heterocycles. The molecule has 1 aromatic carbocycles. The van der Waals surface area contributed by atoms with Gasteiger partial charge in [-0.1, -0.05) is 0 Å². The van der Waals surface area contributed by atoms with Crippen LogP contribution in [0, 0.1) is 5.92 Å². The number of fused-ring (bicyclic) bond motifs is 1. The van der Waals surface area contributed by atoms with Crippen molar-refractivity contribution >= 4 is 34.6 Å². The first-order chi connectivity index (χ1) is 13.2. The Kier molecular flexibility index (Phi) is 5.40. The molecule has 0 saturated carbocycles. The molecule has 4 rings (SSSR count). The fourth-order valence-corrected chi connectivity index (χ4v) is 4.37. The summed E-state index contributed by atoms with van der Waals surface area (Å²) < 4.78 is 5.30. The molecule has 142 valence electrons. The van der Waals surface area contributed by atoms with E-state index < -0.39 is 0 Å². The van der Waals surface area contributed by atoms with Crippen molar-refractivity contribution in [2.24, 2.45) is 5.92 Å². The highest BCUT2D eigenvalue weighted by Crippen LogP contribution is 2.25. The number of benzene rings is 1. The van der Waals surface area contributed by atoms with Crippen molar-refractivity contribution in [3.8, 4) is 0 Å². The highest BCUT2D eigenvalue weighted by Gasteiger charge is 2.22. The number of carbonyl (C=O) groups is 2. The molecule has 3 heterocycles. The van der Waals surface area contributed by atoms with Gasteiger partial charge in [0.1, 0.15) is 0 Å². The van der Waals surface area contributed by atoms with Gasteiger partial charge in [0.05, 0.1) is 0 Å². The average molecular weight is 385 g/mol. The van der Waals surface area contributed by atoms with Crippen molar-refractivity contribution in [2.75, 3.05) is 30.4 Å². The predicted octanol–water partition coefficient (Wildman–Crippen LogP) is 3.70. The number of anilines is 2. The predicted molar refractivity (Wildman–Crippen MR) is 106 cm³/mol. The van der Waals surface area contributed by atoms with Gasteiger partial charge >= 0.3 is 6.03 Å². The third kappa shape index (κ3) is 4.48. The topological polar surface area (TPSA) is 70.7 Å². The van der Waals surface area contributed by atoms with Crippen LogP contribution in [0.3, 0.4) is 0 Å². The van der Waals surface area contributed by atoms with Crippen molar-refractivity contribution in [3.05, 3.63) is 46.2 Å². The maximum atomic E-state index is 12.5. The Labute approximate surface area is 162 Å². The highest BCUT2D eigenvalue weighted by molar-refractivity contribution is 7.10. The molecule has 0 bridgehead atoms. The van der Waals surface area contributed by atoms with Crippen LogP contribution in [0.15, 0.2) is 35.7 Å². The van der Waals surface area contributed by atoms with Crippen LogP contribution in [-0.2, 0) is 22.5 Å². The monoisotopic (exact) mass is 385 g/mol. The Balaban J connectivity index is 1.28. The first kappa shape index (κ1) is 18.0. The second-order valence-electron chi connectivity index (χ2n) is 7.03. The Bertz CT molecular complexity index is 812. The van der Waals surface area contributed by atoms with E-state index in [1.807, 2.05) is 29.2 Å². The summed E-state index contributed by atoms with van der Waals surface area (Å²) in [5.41, 5.74) is 2.70. The normalized spacial score (nSPS) is 18.8. The van der Waals surface area contributed by atoms with Gasteiger partial charge in [-0.25, -0.2) is 4.79 Å². The lowest BCUT2D eigenvalue weighted by atomic mass is 10.0. The molecule has 2 N–H and O–H groups in total. The van der Waals surface area contributed by atoms with Gasteiger partial charge in [-0.2, -0.15) is 0 Å². The van der Waals surface area contributed by atoms with E-state index in [0.29, 0.717) is 25.5 Å². The molecule has 1 saturated heterocycles. The van der Waals surface area contributed by atoms with Crippen LogP contribution in [0.2, 0.25) is 0 Å². The lowest BCUT2D eigenvalue weighted by Gasteiger charge is -2.27. The standard InChI is InChI=1S/C20H23N3O3S/c24-19(11-14-6-9-26-13-14)21-16-1-3-17(4-2-16)22-20(25)23-8-5-18-15(12-23)7-10-27-18/h1-4,7,10,14H,5-6,8-9,11-13H2,(H,21,24)(H,22,25). The minimum absolute atomic E-state index is 0.00201. The summed E-state index contributed by atoms with van der Waals surface area (Å²) in [6.45, 7) is 2.81. The van der Waals surface area contributed by atoms with E-state index in [2.05, 4.69) is 22.1 Å². The van der Waals surface area contributed by atoms with E-state index in [4.69, 9.17) is 4.74 Å². The van der Waals surface area contributed by atoms with Gasteiger partial charge < -0.3 is 20.3 Å². The zero-order valence-electron chi connectivity index (χ0n) is 15.1. The number of ether oxygens (including phenoxy) is 1. The quantitative estimate of drug-likeness (QED) is 0.843. The summed E-state index contributed by atoms with van der Waals surface area (Å²) >= 11 is 1.76. The molecule has 1 fully saturated rings. The summed E-state index contributed by atoms with van der Waals surface area (Å²) in [5.74, 6) is 0.319. The second kappa shape index (κ2) is 8.10. The summed E-state index contributed by atoms with van der Waals surface area (Å²) in [7, 11) is 0. The van der Waals surface area contributed by atoms with Gasteiger partial charge in [0.15, 0.2) is 0 Å². The molecular weight excluding hydrogens is 362 g/mol. The first-order valence-electron chi connectivity index (χ1n) is 9.26. The maximum absolute atomic E-state index is 12.5. The number of hydrogen-bond acceptors (Lipinski definition) is 4. The van der Waals surface area contributed by atoms with E-state index in [1.165, 1.54) is 10.4 Å². The zero-order chi connectivity index (χ0) is 18.6. The van der Waals surface area contributed by atoms with E-state index in [-0.39, 0.29) is 11.9 Å². The van der Waals surface area contributed by atoms with Crippen LogP contribution < -0.4 is 10.6 Å². The molecule has 6 nitrogen and oxygen atoms in total. The number of nitrogens with zero attached hydrogens (tertiary/aromatic N) is 1. The van der Waals surface area contributed by atoms with Gasteiger partial charge in [0.2, 0.25) is 5.91 Å². The molecule has 2 aliphatic heterocycles. The number of amides is 3. The van der Waals surface area contributed by atoms with Crippen LogP contribution >= 0.6 is 11.3 Å². The number of thiophene rings is 1. The fraction of sp³-hybridized carbons (Fsp3) is 0.400. The Morgan fingerprint density at radius 1 is 1.15 bits per heavy atom. The smallest absolute Gasteiger partial charge is 0.322 e. The van der Waals surface area contributed by atoms with Crippen molar-refractivity contribution < 1.29 is 14.3 Å². The molecule has 1 unspecified atom stereocenters. The summed E-state index contributed by atoms with van der Waals surface area (Å²) in [6, 6.07) is 9.25. The van der Waals surface area contributed by atoms with Gasteiger partial charge in [-0.15, -0.1) is 11.3 Å². The molecule has 2 aromatic rings. The second-order valence-corrected chi connectivity index (χ2v) is 8.03. The van der Waals surface area contributed by atoms with Crippen molar-refractivity contribution in [2.45, 2.75) is 25.8 Å². The number of nitrogens with one attached hydrogen (secondary N) is 2. The maximum Gasteiger partial charge on any atom is 0.322 e. The molecule has 3 amide bonds. The molecule has 0 spiro atoms. The molecule has 0 aliphatic carbocycles. The Morgan fingerprint density at radius 3 is 2.67 bits per heavy atom. The average Bonchev–Trinajstić information content (AvgIpc) is 3.34. The van der Waals surface area contributed by atoms with Gasteiger partial charge in [0.25, 0.3) is 0 Å². The third-order valence-electron chi connectivity index (χ3n) is 5.01. The fourth-order valence-electron chi connectivity index (χ4n) is 3.48. The molecule has 27 heavy (non-hydrogen) atoms. The summed E-state index contributed by atoms with van der Waals surface area (Å²) in [5, 5.41) is 7.92. The van der Waals surface area contributed by atoms with Crippen LogP contribution in [-0.4, -0.2) is 36.6 Å².